The van der Waals surface area contributed by atoms with Gasteiger partial charge in [-0.3, -0.25) is 0 Å². The van der Waals surface area contributed by atoms with Crippen molar-refractivity contribution < 1.29 is 4.74 Å². The van der Waals surface area contributed by atoms with Crippen molar-refractivity contribution in [2.75, 3.05) is 6.61 Å². The van der Waals surface area contributed by atoms with E-state index in [9.17, 15) is 0 Å². The summed E-state index contributed by atoms with van der Waals surface area (Å²) in [5, 5.41) is 1.12. The molecule has 1 aliphatic rings. The molecule has 24 heavy (non-hydrogen) atoms. The highest BCUT2D eigenvalue weighted by Crippen LogP contribution is 2.31. The molecule has 0 aromatic carbocycles. The first kappa shape index (κ1) is 17.6. The Morgan fingerprint density at radius 3 is 2.83 bits per heavy atom. The molecule has 2 aromatic heterocycles. The molecular weight excluding hydrogens is 338 g/mol. The van der Waals surface area contributed by atoms with Crippen LogP contribution in [0.4, 0.5) is 0 Å². The van der Waals surface area contributed by atoms with Crippen LogP contribution in [0, 0.1) is 0 Å². The van der Waals surface area contributed by atoms with E-state index in [2.05, 4.69) is 41.3 Å². The fourth-order valence-electron chi connectivity index (χ4n) is 2.86. The third-order valence-electron chi connectivity index (χ3n) is 4.43. The van der Waals surface area contributed by atoms with Crippen LogP contribution in [0.5, 0.6) is 0 Å². The Morgan fingerprint density at radius 1 is 1.29 bits per heavy atom. The third kappa shape index (κ3) is 4.26. The van der Waals surface area contributed by atoms with Gasteiger partial charge in [0.05, 0.1) is 0 Å². The van der Waals surface area contributed by atoms with Crippen LogP contribution in [0.1, 0.15) is 24.6 Å². The summed E-state index contributed by atoms with van der Waals surface area (Å²) in [6, 6.07) is 3.22. The lowest BCUT2D eigenvalue weighted by molar-refractivity contribution is 0.0898. The van der Waals surface area contributed by atoms with Crippen LogP contribution in [0.15, 0.2) is 30.6 Å². The van der Waals surface area contributed by atoms with E-state index in [1.165, 1.54) is 6.04 Å². The molecule has 1 aliphatic carbocycles. The number of hydrogen-bond acceptors (Lipinski definition) is 3. The maximum Gasteiger partial charge on any atom is 0.145 e. The predicted octanol–water partition coefficient (Wildman–Crippen LogP) is 4.78. The maximum absolute atomic E-state index is 6.47. The van der Waals surface area contributed by atoms with Crippen molar-refractivity contribution >= 4 is 30.7 Å². The first-order chi connectivity index (χ1) is 11.4. The molecule has 0 N–H and O–H groups in total. The monoisotopic (exact) mass is 363 g/mol. The fourth-order valence-corrected chi connectivity index (χ4v) is 3.93. The van der Waals surface area contributed by atoms with Crippen LogP contribution in [0.3, 0.4) is 0 Å². The SMILES string of the molecule is C[Si](C)(C)CCOCn1ccc2cnc(C3CC=CCC3Cl)nc21. The van der Waals surface area contributed by atoms with E-state index < -0.39 is 8.07 Å². The first-order valence-corrected chi connectivity index (χ1v) is 12.8. The van der Waals surface area contributed by atoms with Crippen LogP contribution in [-0.4, -0.2) is 34.6 Å². The Kier molecular flexibility index (Phi) is 5.42. The fraction of sp³-hybridized carbons (Fsp3) is 0.556. The molecule has 0 saturated heterocycles. The normalized spacial score (nSPS) is 21.5. The van der Waals surface area contributed by atoms with Crippen molar-refractivity contribution in [2.24, 2.45) is 0 Å². The summed E-state index contributed by atoms with van der Waals surface area (Å²) >= 11 is 6.47. The van der Waals surface area contributed by atoms with Crippen molar-refractivity contribution in [3.05, 3.63) is 36.4 Å². The van der Waals surface area contributed by atoms with E-state index in [1.54, 1.807) is 0 Å². The molecule has 0 bridgehead atoms. The van der Waals surface area contributed by atoms with Gasteiger partial charge in [-0.1, -0.05) is 31.8 Å². The summed E-state index contributed by atoms with van der Waals surface area (Å²) in [4.78, 5) is 9.34. The van der Waals surface area contributed by atoms with Crippen molar-refractivity contribution in [2.45, 2.75) is 56.6 Å². The molecular formula is C18H26ClN3OSi. The van der Waals surface area contributed by atoms with Gasteiger partial charge in [0.2, 0.25) is 0 Å². The number of rotatable bonds is 6. The van der Waals surface area contributed by atoms with E-state index in [-0.39, 0.29) is 11.3 Å². The Balaban J connectivity index is 1.73. The van der Waals surface area contributed by atoms with Gasteiger partial charge in [0.25, 0.3) is 0 Å². The zero-order valence-corrected chi connectivity index (χ0v) is 16.5. The van der Waals surface area contributed by atoms with Gasteiger partial charge in [0, 0.05) is 43.8 Å². The quantitative estimate of drug-likeness (QED) is 0.321. The molecule has 0 saturated carbocycles. The zero-order valence-electron chi connectivity index (χ0n) is 14.7. The number of halogens is 1. The van der Waals surface area contributed by atoms with Crippen molar-refractivity contribution in [3.63, 3.8) is 0 Å². The summed E-state index contributed by atoms with van der Waals surface area (Å²) in [7, 11) is -1.05. The summed E-state index contributed by atoms with van der Waals surface area (Å²) in [6.45, 7) is 8.44. The van der Waals surface area contributed by atoms with E-state index in [0.29, 0.717) is 6.73 Å². The van der Waals surface area contributed by atoms with Crippen LogP contribution in [0.2, 0.25) is 25.7 Å². The minimum absolute atomic E-state index is 0.0730. The molecule has 3 rings (SSSR count). The Labute approximate surface area is 149 Å². The lowest BCUT2D eigenvalue weighted by Crippen LogP contribution is -2.22. The van der Waals surface area contributed by atoms with Crippen molar-refractivity contribution in [3.8, 4) is 0 Å². The molecule has 6 heteroatoms. The van der Waals surface area contributed by atoms with Gasteiger partial charge in [-0.05, 0) is 25.0 Å². The summed E-state index contributed by atoms with van der Waals surface area (Å²) in [6.07, 6.45) is 10.0. The number of fused-ring (bicyclic) bond motifs is 1. The largest absolute Gasteiger partial charge is 0.361 e. The molecule has 0 aliphatic heterocycles. The second kappa shape index (κ2) is 7.38. The third-order valence-corrected chi connectivity index (χ3v) is 6.62. The lowest BCUT2D eigenvalue weighted by atomic mass is 9.93. The molecule has 2 aromatic rings. The summed E-state index contributed by atoms with van der Waals surface area (Å²) < 4.78 is 7.93. The van der Waals surface area contributed by atoms with Gasteiger partial charge in [-0.15, -0.1) is 11.6 Å². The van der Waals surface area contributed by atoms with Crippen LogP contribution in [0.25, 0.3) is 11.0 Å². The van der Waals surface area contributed by atoms with Crippen LogP contribution in [-0.2, 0) is 11.5 Å². The number of nitrogens with zero attached hydrogens (tertiary/aromatic N) is 3. The van der Waals surface area contributed by atoms with Crippen molar-refractivity contribution in [1.29, 1.82) is 0 Å². The topological polar surface area (TPSA) is 39.9 Å². The van der Waals surface area contributed by atoms with Crippen LogP contribution >= 0.6 is 11.6 Å². The second-order valence-corrected chi connectivity index (χ2v) is 13.9. The molecule has 130 valence electrons. The summed E-state index contributed by atoms with van der Waals surface area (Å²) in [5.41, 5.74) is 0.937. The second-order valence-electron chi connectivity index (χ2n) is 7.71. The highest BCUT2D eigenvalue weighted by Gasteiger charge is 2.25. The lowest BCUT2D eigenvalue weighted by Gasteiger charge is -2.22. The highest BCUT2D eigenvalue weighted by atomic mass is 35.5. The molecule has 0 fully saturated rings. The number of aromatic nitrogens is 3. The molecule has 0 amide bonds. The molecule has 4 nitrogen and oxygen atoms in total. The molecule has 0 radical (unpaired) electrons. The van der Waals surface area contributed by atoms with E-state index >= 15 is 0 Å². The molecule has 2 unspecified atom stereocenters. The zero-order chi connectivity index (χ0) is 17.2. The van der Waals surface area contributed by atoms with E-state index in [0.717, 1.165) is 36.3 Å². The van der Waals surface area contributed by atoms with Gasteiger partial charge in [0.1, 0.15) is 18.2 Å². The number of alkyl halides is 1. The van der Waals surface area contributed by atoms with Crippen molar-refractivity contribution in [1.82, 2.24) is 14.5 Å². The predicted molar refractivity (Wildman–Crippen MR) is 102 cm³/mol. The van der Waals surface area contributed by atoms with Gasteiger partial charge in [-0.25, -0.2) is 9.97 Å². The van der Waals surface area contributed by atoms with Gasteiger partial charge in [-0.2, -0.15) is 0 Å². The maximum atomic E-state index is 6.47. The van der Waals surface area contributed by atoms with Gasteiger partial charge < -0.3 is 9.30 Å². The number of allylic oxidation sites excluding steroid dienone is 2. The van der Waals surface area contributed by atoms with E-state index in [1.807, 2.05) is 18.5 Å². The molecule has 2 heterocycles. The first-order valence-electron chi connectivity index (χ1n) is 8.63. The van der Waals surface area contributed by atoms with Gasteiger partial charge >= 0.3 is 0 Å². The van der Waals surface area contributed by atoms with Crippen LogP contribution < -0.4 is 0 Å². The van der Waals surface area contributed by atoms with Gasteiger partial charge in [0.15, 0.2) is 0 Å². The van der Waals surface area contributed by atoms with E-state index in [4.69, 9.17) is 21.3 Å². The number of hydrogen-bond donors (Lipinski definition) is 0. The average molecular weight is 364 g/mol. The Bertz CT molecular complexity index is 723. The average Bonchev–Trinajstić information content (AvgIpc) is 2.93. The molecule has 0 spiro atoms. The standard InChI is InChI=1S/C18H26ClN3OSi/c1-24(2,3)11-10-23-13-22-9-8-14-12-20-17(21-18(14)22)15-6-4-5-7-16(15)19/h4-5,8-9,12,15-16H,6-7,10-11,13H2,1-3H3. The number of ether oxygens (including phenoxy) is 1. The molecule has 2 atom stereocenters. The smallest absolute Gasteiger partial charge is 0.145 e. The minimum atomic E-state index is -1.05. The Hall–Kier alpha value is -1.17. The summed E-state index contributed by atoms with van der Waals surface area (Å²) in [5.74, 6) is 1.03. The highest BCUT2D eigenvalue weighted by molar-refractivity contribution is 6.76. The minimum Gasteiger partial charge on any atom is -0.361 e. The Morgan fingerprint density at radius 2 is 2.08 bits per heavy atom.